The van der Waals surface area contributed by atoms with Crippen LogP contribution in [0.5, 0.6) is 0 Å². The number of amides is 1. The smallest absolute Gasteiger partial charge is 0.267 e. The summed E-state index contributed by atoms with van der Waals surface area (Å²) in [5.74, 6) is -0.162. The lowest BCUT2D eigenvalue weighted by atomic mass is 10.2. The molecule has 1 saturated heterocycles. The molecule has 1 N–H and O–H groups in total. The summed E-state index contributed by atoms with van der Waals surface area (Å²) in [6.07, 6.45) is 7.61. The average Bonchev–Trinajstić information content (AvgIpc) is 3.10. The summed E-state index contributed by atoms with van der Waals surface area (Å²) in [5, 5.41) is 3.32. The van der Waals surface area contributed by atoms with Gasteiger partial charge in [-0.1, -0.05) is 68.4 Å². The summed E-state index contributed by atoms with van der Waals surface area (Å²) in [5.41, 5.74) is 2.30. The van der Waals surface area contributed by atoms with E-state index < -0.39 is 0 Å². The zero-order valence-corrected chi connectivity index (χ0v) is 21.3. The number of nitrogens with one attached hydrogen (secondary N) is 1. The molecule has 182 valence electrons. The van der Waals surface area contributed by atoms with Crippen molar-refractivity contribution in [3.8, 4) is 0 Å². The molecule has 3 aromatic rings. The van der Waals surface area contributed by atoms with E-state index in [-0.39, 0.29) is 23.8 Å². The summed E-state index contributed by atoms with van der Waals surface area (Å²) >= 11 is 6.60. The van der Waals surface area contributed by atoms with E-state index in [9.17, 15) is 14.0 Å². The predicted octanol–water partition coefficient (Wildman–Crippen LogP) is 5.54. The summed E-state index contributed by atoms with van der Waals surface area (Å²) < 4.78 is 15.2. The van der Waals surface area contributed by atoms with Crippen LogP contribution >= 0.6 is 24.0 Å². The maximum Gasteiger partial charge on any atom is 0.267 e. The van der Waals surface area contributed by atoms with Gasteiger partial charge in [-0.15, -0.1) is 0 Å². The number of unbranched alkanes of at least 4 members (excludes halogenated alkanes) is 3. The second kappa shape index (κ2) is 11.1. The lowest BCUT2D eigenvalue weighted by Gasteiger charge is -2.14. The number of pyridine rings is 1. The minimum atomic E-state index is -0.340. The number of thioether (sulfide) groups is 1. The highest BCUT2D eigenvalue weighted by Gasteiger charge is 2.32. The van der Waals surface area contributed by atoms with Gasteiger partial charge in [0.15, 0.2) is 0 Å². The van der Waals surface area contributed by atoms with E-state index >= 15 is 0 Å². The van der Waals surface area contributed by atoms with Crippen LogP contribution in [0.1, 0.15) is 49.3 Å². The van der Waals surface area contributed by atoms with Gasteiger partial charge in [0.05, 0.1) is 17.0 Å². The van der Waals surface area contributed by atoms with Gasteiger partial charge in [0.2, 0.25) is 0 Å². The van der Waals surface area contributed by atoms with Crippen LogP contribution in [0.25, 0.3) is 11.7 Å². The van der Waals surface area contributed by atoms with Gasteiger partial charge >= 0.3 is 0 Å². The molecule has 1 aliphatic rings. The number of halogens is 1. The van der Waals surface area contributed by atoms with Gasteiger partial charge in [0.1, 0.15) is 21.6 Å². The molecule has 9 heteroatoms. The van der Waals surface area contributed by atoms with Gasteiger partial charge in [-0.25, -0.2) is 9.37 Å². The van der Waals surface area contributed by atoms with E-state index in [1.54, 1.807) is 30.5 Å². The Bertz CT molecular complexity index is 1350. The van der Waals surface area contributed by atoms with E-state index in [2.05, 4.69) is 12.2 Å². The van der Waals surface area contributed by atoms with Crippen LogP contribution in [0.2, 0.25) is 0 Å². The Morgan fingerprint density at radius 1 is 1.14 bits per heavy atom. The number of rotatable bonds is 9. The van der Waals surface area contributed by atoms with Crippen LogP contribution in [0, 0.1) is 12.7 Å². The normalized spacial score (nSPS) is 14.9. The second-order valence-corrected chi connectivity index (χ2v) is 10.1. The van der Waals surface area contributed by atoms with Gasteiger partial charge in [0.25, 0.3) is 11.5 Å². The number of benzene rings is 1. The third-order valence-corrected chi connectivity index (χ3v) is 7.19. The fraction of sp³-hybridized carbons (Fsp3) is 0.308. The van der Waals surface area contributed by atoms with Crippen molar-refractivity contribution < 1.29 is 9.18 Å². The first kappa shape index (κ1) is 25.1. The van der Waals surface area contributed by atoms with Crippen molar-refractivity contribution in [2.75, 3.05) is 11.9 Å². The SMILES string of the molecule is CCCCCCNc1nc2c(C)cccn2c(=O)c1C=C1SC(=S)N(Cc2ccc(F)cc2)C1=O. The molecule has 1 amide bonds. The number of carbonyl (C=O) groups is 1. The Hall–Kier alpha value is -3.04. The third kappa shape index (κ3) is 5.62. The number of fused-ring (bicyclic) bond motifs is 1. The third-order valence-electron chi connectivity index (χ3n) is 5.81. The van der Waals surface area contributed by atoms with E-state index in [1.807, 2.05) is 13.0 Å². The Balaban J connectivity index is 1.67. The number of aromatic nitrogens is 2. The minimum Gasteiger partial charge on any atom is -0.369 e. The highest BCUT2D eigenvalue weighted by molar-refractivity contribution is 8.26. The van der Waals surface area contributed by atoms with Gasteiger partial charge in [-0.2, -0.15) is 0 Å². The minimum absolute atomic E-state index is 0.235. The molecule has 1 fully saturated rings. The molecule has 4 rings (SSSR count). The van der Waals surface area contributed by atoms with Gasteiger partial charge in [-0.3, -0.25) is 18.9 Å². The molecule has 0 spiro atoms. The van der Waals surface area contributed by atoms with Crippen LogP contribution in [-0.2, 0) is 11.3 Å². The Morgan fingerprint density at radius 2 is 1.91 bits per heavy atom. The van der Waals surface area contributed by atoms with E-state index in [1.165, 1.54) is 21.4 Å². The van der Waals surface area contributed by atoms with E-state index in [4.69, 9.17) is 17.2 Å². The largest absolute Gasteiger partial charge is 0.369 e. The fourth-order valence-electron chi connectivity index (χ4n) is 3.87. The molecule has 0 saturated carbocycles. The highest BCUT2D eigenvalue weighted by Crippen LogP contribution is 2.34. The average molecular weight is 511 g/mol. The monoisotopic (exact) mass is 510 g/mol. The molecular formula is C26H27FN4O2S2. The number of hydrogen-bond donors (Lipinski definition) is 1. The molecule has 0 unspecified atom stereocenters. The van der Waals surface area contributed by atoms with E-state index in [0.29, 0.717) is 32.8 Å². The number of nitrogens with zero attached hydrogens (tertiary/aromatic N) is 3. The molecule has 2 aromatic heterocycles. The molecule has 0 aliphatic carbocycles. The number of anilines is 1. The summed E-state index contributed by atoms with van der Waals surface area (Å²) in [6, 6.07) is 9.67. The fourth-order valence-corrected chi connectivity index (χ4v) is 5.11. The first-order valence-electron chi connectivity index (χ1n) is 11.6. The molecule has 1 aromatic carbocycles. The summed E-state index contributed by atoms with van der Waals surface area (Å²) in [6.45, 7) is 4.99. The number of carbonyl (C=O) groups excluding carboxylic acids is 1. The van der Waals surface area contributed by atoms with Crippen molar-refractivity contribution in [1.29, 1.82) is 0 Å². The second-order valence-electron chi connectivity index (χ2n) is 8.45. The van der Waals surface area contributed by atoms with E-state index in [0.717, 1.165) is 48.6 Å². The molecule has 6 nitrogen and oxygen atoms in total. The molecule has 35 heavy (non-hydrogen) atoms. The van der Waals surface area contributed by atoms with Crippen LogP contribution in [0.4, 0.5) is 10.2 Å². The van der Waals surface area contributed by atoms with Crippen LogP contribution in [0.15, 0.2) is 52.3 Å². The Labute approximate surface area is 213 Å². The summed E-state index contributed by atoms with van der Waals surface area (Å²) in [4.78, 5) is 33.2. The Kier molecular flexibility index (Phi) is 7.97. The van der Waals surface area contributed by atoms with Crippen LogP contribution in [-0.4, -0.2) is 31.1 Å². The molecule has 1 aliphatic heterocycles. The lowest BCUT2D eigenvalue weighted by Crippen LogP contribution is -2.27. The zero-order chi connectivity index (χ0) is 24.9. The molecule has 0 radical (unpaired) electrons. The maximum atomic E-state index is 13.5. The molecular weight excluding hydrogens is 483 g/mol. The topological polar surface area (TPSA) is 66.7 Å². The Morgan fingerprint density at radius 3 is 2.66 bits per heavy atom. The van der Waals surface area contributed by atoms with Crippen molar-refractivity contribution in [1.82, 2.24) is 14.3 Å². The first-order valence-corrected chi connectivity index (χ1v) is 12.9. The van der Waals surface area contributed by atoms with Gasteiger partial charge in [-0.05, 0) is 48.7 Å². The molecule has 0 bridgehead atoms. The summed E-state index contributed by atoms with van der Waals surface area (Å²) in [7, 11) is 0. The van der Waals surface area contributed by atoms with Crippen molar-refractivity contribution in [2.24, 2.45) is 0 Å². The quantitative estimate of drug-likeness (QED) is 0.232. The maximum absolute atomic E-state index is 13.5. The highest BCUT2D eigenvalue weighted by atomic mass is 32.2. The standard InChI is InChI=1S/C26H27FN4O2S2/c1-3-4-5-6-13-28-22-20(24(32)30-14-7-8-17(2)23(30)29-22)15-21-25(33)31(26(34)35-21)16-18-9-11-19(27)12-10-18/h7-12,14-15,28H,3-6,13,16H2,1-2H3. The lowest BCUT2D eigenvalue weighted by molar-refractivity contribution is -0.122. The van der Waals surface area contributed by atoms with Crippen molar-refractivity contribution in [3.05, 3.63) is 80.4 Å². The number of hydrogen-bond acceptors (Lipinski definition) is 6. The van der Waals surface area contributed by atoms with Crippen LogP contribution in [0.3, 0.4) is 0 Å². The molecule has 0 atom stereocenters. The number of aryl methyl sites for hydroxylation is 1. The predicted molar refractivity (Wildman–Crippen MR) is 144 cm³/mol. The van der Waals surface area contributed by atoms with Crippen molar-refractivity contribution >= 4 is 51.7 Å². The molecule has 3 heterocycles. The van der Waals surface area contributed by atoms with Crippen molar-refractivity contribution in [2.45, 2.75) is 46.1 Å². The number of thiocarbonyl (C=S) groups is 1. The van der Waals surface area contributed by atoms with Gasteiger partial charge in [0, 0.05) is 12.7 Å². The van der Waals surface area contributed by atoms with Gasteiger partial charge < -0.3 is 5.32 Å². The zero-order valence-electron chi connectivity index (χ0n) is 19.7. The first-order chi connectivity index (χ1) is 16.9. The van der Waals surface area contributed by atoms with Crippen LogP contribution < -0.4 is 10.9 Å². The van der Waals surface area contributed by atoms with Crippen molar-refractivity contribution in [3.63, 3.8) is 0 Å².